The maximum absolute atomic E-state index is 13.9. The highest BCUT2D eigenvalue weighted by Crippen LogP contribution is 2.30. The minimum Gasteiger partial charge on any atom is -0.383 e. The number of nitrogen functional groups attached to an aromatic ring is 1. The SMILES string of the molecule is CC1OC1Nc1ccc(NC(=O)Cc2ccc(-n3c(-c4cccnc4N)nc4cc(F)cnc43)cc2)cc1. The van der Waals surface area contributed by atoms with Gasteiger partial charge in [-0.25, -0.2) is 19.3 Å². The number of fused-ring (bicyclic) bond motifs is 1. The molecule has 1 amide bonds. The lowest BCUT2D eigenvalue weighted by molar-refractivity contribution is -0.115. The second-order valence-corrected chi connectivity index (χ2v) is 9.08. The van der Waals surface area contributed by atoms with E-state index in [9.17, 15) is 9.18 Å². The fraction of sp³-hybridized carbons (Fsp3) is 0.143. The summed E-state index contributed by atoms with van der Waals surface area (Å²) in [5, 5.41) is 6.18. The number of imidazole rings is 1. The summed E-state index contributed by atoms with van der Waals surface area (Å²) in [4.78, 5) is 25.7. The number of nitrogens with one attached hydrogen (secondary N) is 2. The molecule has 4 heterocycles. The van der Waals surface area contributed by atoms with Gasteiger partial charge in [-0.1, -0.05) is 12.1 Å². The molecular formula is C28H24FN7O2. The molecule has 190 valence electrons. The number of aromatic nitrogens is 4. The van der Waals surface area contributed by atoms with E-state index in [1.807, 2.05) is 55.5 Å². The highest BCUT2D eigenvalue weighted by molar-refractivity contribution is 5.92. The number of epoxide rings is 1. The van der Waals surface area contributed by atoms with Gasteiger partial charge in [-0.15, -0.1) is 0 Å². The third-order valence-corrected chi connectivity index (χ3v) is 6.29. The first-order valence-electron chi connectivity index (χ1n) is 12.1. The average Bonchev–Trinajstić information content (AvgIpc) is 3.47. The van der Waals surface area contributed by atoms with Crippen LogP contribution in [0, 0.1) is 5.82 Å². The second-order valence-electron chi connectivity index (χ2n) is 9.08. The van der Waals surface area contributed by atoms with Crippen molar-refractivity contribution in [3.63, 3.8) is 0 Å². The number of rotatable bonds is 7. The largest absolute Gasteiger partial charge is 0.383 e. The number of nitrogens with zero attached hydrogens (tertiary/aromatic N) is 4. The van der Waals surface area contributed by atoms with Crippen LogP contribution in [0.4, 0.5) is 21.6 Å². The Hall–Kier alpha value is -4.83. The van der Waals surface area contributed by atoms with Gasteiger partial charge in [0, 0.05) is 29.3 Å². The molecule has 4 N–H and O–H groups in total. The molecule has 1 aliphatic heterocycles. The van der Waals surface area contributed by atoms with E-state index in [-0.39, 0.29) is 24.7 Å². The van der Waals surface area contributed by atoms with E-state index in [0.717, 1.165) is 23.1 Å². The smallest absolute Gasteiger partial charge is 0.228 e. The van der Waals surface area contributed by atoms with Crippen molar-refractivity contribution in [2.45, 2.75) is 25.7 Å². The number of nitrogens with two attached hydrogens (primary N) is 1. The molecule has 3 aromatic heterocycles. The molecule has 0 aliphatic carbocycles. The van der Waals surface area contributed by atoms with Gasteiger partial charge in [0.25, 0.3) is 0 Å². The standard InChI is InChI=1S/C28H24FN7O2/c1-16-28(38-16)34-20-8-6-19(7-9-20)33-24(37)13-17-4-10-21(11-5-17)36-26(22-3-2-12-31-25(22)30)35-23-14-18(29)15-32-27(23)36/h2-12,14-16,28,34H,13H2,1H3,(H2,30,31)(H,33,37). The predicted molar refractivity (Wildman–Crippen MR) is 143 cm³/mol. The Labute approximate surface area is 217 Å². The maximum Gasteiger partial charge on any atom is 0.228 e. The number of anilines is 3. The number of carbonyl (C=O) groups excluding carboxylic acids is 1. The number of pyridine rings is 2. The van der Waals surface area contributed by atoms with Crippen LogP contribution >= 0.6 is 0 Å². The maximum atomic E-state index is 13.9. The molecule has 10 heteroatoms. The summed E-state index contributed by atoms with van der Waals surface area (Å²) >= 11 is 0. The molecule has 5 aromatic rings. The van der Waals surface area contributed by atoms with Crippen LogP contribution in [0.3, 0.4) is 0 Å². The molecule has 1 aliphatic rings. The van der Waals surface area contributed by atoms with Gasteiger partial charge in [0.1, 0.15) is 23.3 Å². The molecule has 2 atom stereocenters. The van der Waals surface area contributed by atoms with Crippen LogP contribution in [-0.4, -0.2) is 37.8 Å². The molecule has 0 saturated carbocycles. The van der Waals surface area contributed by atoms with Crippen LogP contribution in [0.5, 0.6) is 0 Å². The molecule has 0 radical (unpaired) electrons. The van der Waals surface area contributed by atoms with E-state index >= 15 is 0 Å². The molecule has 0 bridgehead atoms. The van der Waals surface area contributed by atoms with Crippen molar-refractivity contribution in [3.8, 4) is 17.1 Å². The van der Waals surface area contributed by atoms with Gasteiger partial charge in [0.05, 0.1) is 18.2 Å². The van der Waals surface area contributed by atoms with Crippen LogP contribution < -0.4 is 16.4 Å². The molecular weight excluding hydrogens is 485 g/mol. The number of hydrogen-bond donors (Lipinski definition) is 3. The van der Waals surface area contributed by atoms with Crippen molar-refractivity contribution in [2.75, 3.05) is 16.4 Å². The lowest BCUT2D eigenvalue weighted by atomic mass is 10.1. The molecule has 6 rings (SSSR count). The zero-order valence-electron chi connectivity index (χ0n) is 20.4. The topological polar surface area (TPSA) is 123 Å². The summed E-state index contributed by atoms with van der Waals surface area (Å²) in [6, 6.07) is 19.9. The zero-order valence-corrected chi connectivity index (χ0v) is 20.4. The summed E-state index contributed by atoms with van der Waals surface area (Å²) in [6.45, 7) is 2.00. The van der Waals surface area contributed by atoms with Crippen molar-refractivity contribution in [3.05, 3.63) is 90.5 Å². The normalized spacial score (nSPS) is 16.4. The minimum atomic E-state index is -0.480. The molecule has 2 aromatic carbocycles. The van der Waals surface area contributed by atoms with Crippen LogP contribution in [0.15, 0.2) is 79.1 Å². The third kappa shape index (κ3) is 4.76. The first-order valence-corrected chi connectivity index (χ1v) is 12.1. The molecule has 9 nitrogen and oxygen atoms in total. The van der Waals surface area contributed by atoms with Crippen LogP contribution in [0.1, 0.15) is 12.5 Å². The average molecular weight is 510 g/mol. The van der Waals surface area contributed by atoms with Crippen LogP contribution in [0.25, 0.3) is 28.2 Å². The summed E-state index contributed by atoms with van der Waals surface area (Å²) in [6.07, 6.45) is 3.21. The Kier molecular flexibility index (Phi) is 5.93. The molecule has 0 spiro atoms. The van der Waals surface area contributed by atoms with Gasteiger partial charge in [0.2, 0.25) is 5.91 Å². The van der Waals surface area contributed by atoms with Crippen LogP contribution in [-0.2, 0) is 16.0 Å². The Balaban J connectivity index is 1.21. The van der Waals surface area contributed by atoms with E-state index < -0.39 is 5.82 Å². The second kappa shape index (κ2) is 9.56. The summed E-state index contributed by atoms with van der Waals surface area (Å²) in [5.41, 5.74) is 10.8. The number of halogens is 1. The monoisotopic (exact) mass is 509 g/mol. The van der Waals surface area contributed by atoms with E-state index in [1.165, 1.54) is 6.07 Å². The van der Waals surface area contributed by atoms with E-state index in [2.05, 4.69) is 25.6 Å². The quantitative estimate of drug-likeness (QED) is 0.275. The molecule has 1 fully saturated rings. The Bertz CT molecular complexity index is 1630. The Morgan fingerprint density at radius 2 is 1.82 bits per heavy atom. The van der Waals surface area contributed by atoms with Crippen molar-refractivity contribution in [2.24, 2.45) is 0 Å². The number of ether oxygens (including phenoxy) is 1. The van der Waals surface area contributed by atoms with Gasteiger partial charge in [0.15, 0.2) is 17.7 Å². The third-order valence-electron chi connectivity index (χ3n) is 6.29. The predicted octanol–water partition coefficient (Wildman–Crippen LogP) is 4.54. The summed E-state index contributed by atoms with van der Waals surface area (Å²) < 4.78 is 21.0. The number of benzene rings is 2. The van der Waals surface area contributed by atoms with Crippen molar-refractivity contribution in [1.82, 2.24) is 19.5 Å². The van der Waals surface area contributed by atoms with Gasteiger partial charge in [-0.05, 0) is 61.0 Å². The minimum absolute atomic E-state index is 0.0495. The fourth-order valence-corrected chi connectivity index (χ4v) is 4.28. The van der Waals surface area contributed by atoms with Crippen molar-refractivity contribution >= 4 is 34.3 Å². The van der Waals surface area contributed by atoms with Gasteiger partial charge < -0.3 is 21.1 Å². The highest BCUT2D eigenvalue weighted by Gasteiger charge is 2.33. The zero-order chi connectivity index (χ0) is 26.2. The van der Waals surface area contributed by atoms with E-state index in [0.29, 0.717) is 34.1 Å². The highest BCUT2D eigenvalue weighted by atomic mass is 19.1. The van der Waals surface area contributed by atoms with Crippen molar-refractivity contribution in [1.29, 1.82) is 0 Å². The van der Waals surface area contributed by atoms with Gasteiger partial charge in [-0.3, -0.25) is 9.36 Å². The number of hydrogen-bond acceptors (Lipinski definition) is 7. The Morgan fingerprint density at radius 3 is 2.53 bits per heavy atom. The van der Waals surface area contributed by atoms with Gasteiger partial charge in [-0.2, -0.15) is 0 Å². The van der Waals surface area contributed by atoms with Crippen molar-refractivity contribution < 1.29 is 13.9 Å². The first-order chi connectivity index (χ1) is 18.4. The lowest BCUT2D eigenvalue weighted by Crippen LogP contribution is -2.14. The molecule has 1 saturated heterocycles. The van der Waals surface area contributed by atoms with E-state index in [1.54, 1.807) is 22.9 Å². The van der Waals surface area contributed by atoms with Crippen LogP contribution in [0.2, 0.25) is 0 Å². The van der Waals surface area contributed by atoms with Gasteiger partial charge >= 0.3 is 0 Å². The molecule has 2 unspecified atom stereocenters. The summed E-state index contributed by atoms with van der Waals surface area (Å²) in [7, 11) is 0. The lowest BCUT2D eigenvalue weighted by Gasteiger charge is -2.11. The van der Waals surface area contributed by atoms with E-state index in [4.69, 9.17) is 10.5 Å². The first kappa shape index (κ1) is 23.6. The number of carbonyl (C=O) groups is 1. The molecule has 38 heavy (non-hydrogen) atoms. The fourth-order valence-electron chi connectivity index (χ4n) is 4.28. The summed E-state index contributed by atoms with van der Waals surface area (Å²) in [5.74, 6) is 0.185. The number of amides is 1. The Morgan fingerprint density at radius 1 is 1.08 bits per heavy atom.